The fraction of sp³-hybridized carbons (Fsp3) is 0.526. The maximum absolute atomic E-state index is 12.7. The van der Waals surface area contributed by atoms with Crippen LogP contribution in [0.4, 0.5) is 0 Å². The van der Waals surface area contributed by atoms with Gasteiger partial charge in [-0.05, 0) is 48.1 Å². The van der Waals surface area contributed by atoms with Crippen LogP contribution in [0.1, 0.15) is 62.0 Å². The molecular weight excluding hydrogens is 258 g/mol. The summed E-state index contributed by atoms with van der Waals surface area (Å²) in [7, 11) is 0. The predicted molar refractivity (Wildman–Crippen MR) is 85.7 cm³/mol. The molecule has 110 valence electrons. The fourth-order valence-electron chi connectivity index (χ4n) is 4.52. The molecule has 0 saturated heterocycles. The molecule has 4 rings (SSSR count). The third-order valence-electron chi connectivity index (χ3n) is 5.78. The number of ketones is 1. The number of aromatic nitrogens is 1. The van der Waals surface area contributed by atoms with Crippen LogP contribution in [0.15, 0.2) is 24.3 Å². The Hall–Kier alpha value is -1.57. The first-order valence-electron chi connectivity index (χ1n) is 8.11. The van der Waals surface area contributed by atoms with E-state index in [1.165, 1.54) is 17.4 Å². The van der Waals surface area contributed by atoms with E-state index < -0.39 is 0 Å². The number of hydrogen-bond donors (Lipinski definition) is 1. The van der Waals surface area contributed by atoms with E-state index in [1.807, 2.05) is 6.07 Å². The number of rotatable bonds is 0. The Morgan fingerprint density at radius 3 is 2.62 bits per heavy atom. The quantitative estimate of drug-likeness (QED) is 0.731. The van der Waals surface area contributed by atoms with E-state index in [-0.39, 0.29) is 5.92 Å². The molecule has 2 aliphatic carbocycles. The summed E-state index contributed by atoms with van der Waals surface area (Å²) in [5, 5.41) is 1.27. The van der Waals surface area contributed by atoms with E-state index in [9.17, 15) is 4.79 Å². The van der Waals surface area contributed by atoms with E-state index >= 15 is 0 Å². The molecule has 21 heavy (non-hydrogen) atoms. The summed E-state index contributed by atoms with van der Waals surface area (Å²) in [4.78, 5) is 16.1. The first kappa shape index (κ1) is 13.1. The number of carbonyl (C=O) groups excluding carboxylic acids is 1. The molecule has 0 spiro atoms. The fourth-order valence-corrected chi connectivity index (χ4v) is 4.52. The van der Waals surface area contributed by atoms with Gasteiger partial charge in [0.25, 0.3) is 0 Å². The Morgan fingerprint density at radius 1 is 1.10 bits per heavy atom. The van der Waals surface area contributed by atoms with Gasteiger partial charge in [-0.1, -0.05) is 39.0 Å². The Kier molecular flexibility index (Phi) is 2.64. The van der Waals surface area contributed by atoms with Crippen molar-refractivity contribution in [1.29, 1.82) is 0 Å². The van der Waals surface area contributed by atoms with Crippen molar-refractivity contribution in [2.45, 2.75) is 46.0 Å². The molecule has 1 saturated carbocycles. The maximum atomic E-state index is 12.7. The van der Waals surface area contributed by atoms with Crippen LogP contribution in [-0.4, -0.2) is 10.8 Å². The lowest BCUT2D eigenvalue weighted by molar-refractivity contribution is 0.0812. The highest BCUT2D eigenvalue weighted by Crippen LogP contribution is 2.53. The number of benzene rings is 1. The summed E-state index contributed by atoms with van der Waals surface area (Å²) < 4.78 is 0. The van der Waals surface area contributed by atoms with Gasteiger partial charge in [0.2, 0.25) is 0 Å². The lowest BCUT2D eigenvalue weighted by Gasteiger charge is -2.39. The van der Waals surface area contributed by atoms with Gasteiger partial charge in [0.15, 0.2) is 5.78 Å². The van der Waals surface area contributed by atoms with Gasteiger partial charge in [-0.3, -0.25) is 4.79 Å². The van der Waals surface area contributed by atoms with Gasteiger partial charge in [0, 0.05) is 16.8 Å². The Balaban J connectivity index is 1.82. The number of nitrogens with one attached hydrogen (secondary N) is 1. The molecule has 2 heteroatoms. The molecule has 2 aliphatic rings. The van der Waals surface area contributed by atoms with E-state index in [0.717, 1.165) is 24.1 Å². The molecule has 2 aromatic rings. The maximum Gasteiger partial charge on any atom is 0.183 e. The van der Waals surface area contributed by atoms with Crippen LogP contribution in [0.3, 0.4) is 0 Å². The lowest BCUT2D eigenvalue weighted by Crippen LogP contribution is -2.30. The second-order valence-electron chi connectivity index (χ2n) is 7.91. The average Bonchev–Trinajstić information content (AvgIpc) is 2.95. The number of H-pyrrole nitrogens is 1. The van der Waals surface area contributed by atoms with Gasteiger partial charge < -0.3 is 4.98 Å². The molecule has 0 bridgehead atoms. The van der Waals surface area contributed by atoms with Crippen molar-refractivity contribution in [2.75, 3.05) is 0 Å². The first-order valence-corrected chi connectivity index (χ1v) is 8.11. The Bertz CT molecular complexity index is 719. The van der Waals surface area contributed by atoms with Crippen LogP contribution in [0, 0.1) is 17.3 Å². The monoisotopic (exact) mass is 281 g/mol. The summed E-state index contributed by atoms with van der Waals surface area (Å²) in [5.41, 5.74) is 3.67. The van der Waals surface area contributed by atoms with Gasteiger partial charge in [-0.15, -0.1) is 0 Å². The SMILES string of the molecule is CC(C)(C)[C@H]1CC[C@H]2C(=O)c3[nH]c4ccccc4c3[C@H]2C1. The zero-order valence-electron chi connectivity index (χ0n) is 13.1. The van der Waals surface area contributed by atoms with Crippen LogP contribution >= 0.6 is 0 Å². The Labute approximate surface area is 125 Å². The molecule has 2 nitrogen and oxygen atoms in total. The van der Waals surface area contributed by atoms with Crippen molar-refractivity contribution in [3.63, 3.8) is 0 Å². The normalized spacial score (nSPS) is 28.7. The minimum Gasteiger partial charge on any atom is -0.352 e. The topological polar surface area (TPSA) is 32.9 Å². The zero-order chi connectivity index (χ0) is 14.8. The van der Waals surface area contributed by atoms with Crippen molar-refractivity contribution in [2.24, 2.45) is 17.3 Å². The van der Waals surface area contributed by atoms with E-state index in [0.29, 0.717) is 23.0 Å². The van der Waals surface area contributed by atoms with E-state index in [4.69, 9.17) is 0 Å². The van der Waals surface area contributed by atoms with Gasteiger partial charge in [0.05, 0.1) is 5.69 Å². The predicted octanol–water partition coefficient (Wildman–Crippen LogP) is 4.91. The first-order chi connectivity index (χ1) is 9.97. The molecule has 1 aromatic carbocycles. The molecule has 0 unspecified atom stereocenters. The summed E-state index contributed by atoms with van der Waals surface area (Å²) in [5.74, 6) is 1.74. The summed E-state index contributed by atoms with van der Waals surface area (Å²) in [6, 6.07) is 8.37. The number of fused-ring (bicyclic) bond motifs is 5. The van der Waals surface area contributed by atoms with E-state index in [2.05, 4.69) is 44.0 Å². The van der Waals surface area contributed by atoms with Crippen LogP contribution in [0.2, 0.25) is 0 Å². The van der Waals surface area contributed by atoms with Crippen molar-refractivity contribution >= 4 is 16.7 Å². The summed E-state index contributed by atoms with van der Waals surface area (Å²) >= 11 is 0. The molecule has 1 fully saturated rings. The molecule has 1 N–H and O–H groups in total. The largest absolute Gasteiger partial charge is 0.352 e. The van der Waals surface area contributed by atoms with Crippen LogP contribution in [0.5, 0.6) is 0 Å². The van der Waals surface area contributed by atoms with Gasteiger partial charge in [0.1, 0.15) is 0 Å². The molecule has 0 radical (unpaired) electrons. The molecule has 1 aromatic heterocycles. The average molecular weight is 281 g/mol. The van der Waals surface area contributed by atoms with Gasteiger partial charge in [-0.25, -0.2) is 0 Å². The number of carbonyl (C=O) groups is 1. The lowest BCUT2D eigenvalue weighted by atomic mass is 9.65. The third kappa shape index (κ3) is 1.81. The Morgan fingerprint density at radius 2 is 1.86 bits per heavy atom. The van der Waals surface area contributed by atoms with Crippen LogP contribution < -0.4 is 0 Å². The van der Waals surface area contributed by atoms with E-state index in [1.54, 1.807) is 0 Å². The molecular formula is C19H23NO. The summed E-state index contributed by atoms with van der Waals surface area (Å²) in [6.07, 6.45) is 3.41. The second-order valence-corrected chi connectivity index (χ2v) is 7.91. The van der Waals surface area contributed by atoms with Crippen LogP contribution in [0.25, 0.3) is 10.9 Å². The van der Waals surface area contributed by atoms with Gasteiger partial charge in [-0.2, -0.15) is 0 Å². The molecule has 0 amide bonds. The standard InChI is InChI=1S/C19H23NO/c1-19(2,3)11-8-9-12-14(10-11)16-13-6-4-5-7-15(13)20-17(16)18(12)21/h4-7,11-12,14,20H,8-10H2,1-3H3/t11-,12+,14-/m0/s1. The highest BCUT2D eigenvalue weighted by atomic mass is 16.1. The van der Waals surface area contributed by atoms with Gasteiger partial charge >= 0.3 is 0 Å². The smallest absolute Gasteiger partial charge is 0.183 e. The molecule has 3 atom stereocenters. The highest BCUT2D eigenvalue weighted by molar-refractivity contribution is 6.07. The second kappa shape index (κ2) is 4.22. The minimum absolute atomic E-state index is 0.231. The van der Waals surface area contributed by atoms with Crippen molar-refractivity contribution in [3.8, 4) is 0 Å². The summed E-state index contributed by atoms with van der Waals surface area (Å²) in [6.45, 7) is 7.01. The van der Waals surface area contributed by atoms with Crippen molar-refractivity contribution in [3.05, 3.63) is 35.5 Å². The number of Topliss-reactive ketones (excluding diaryl/α,β-unsaturated/α-hetero) is 1. The van der Waals surface area contributed by atoms with Crippen LogP contribution in [-0.2, 0) is 0 Å². The molecule has 0 aliphatic heterocycles. The highest BCUT2D eigenvalue weighted by Gasteiger charge is 2.47. The number of aromatic amines is 1. The molecule has 1 heterocycles. The van der Waals surface area contributed by atoms with Crippen molar-refractivity contribution < 1.29 is 4.79 Å². The number of hydrogen-bond acceptors (Lipinski definition) is 1. The van der Waals surface area contributed by atoms with Crippen molar-refractivity contribution in [1.82, 2.24) is 4.98 Å². The zero-order valence-corrected chi connectivity index (χ0v) is 13.1. The minimum atomic E-state index is 0.231. The third-order valence-corrected chi connectivity index (χ3v) is 5.78. The number of para-hydroxylation sites is 1.